The van der Waals surface area contributed by atoms with Crippen molar-refractivity contribution in [3.63, 3.8) is 0 Å². The van der Waals surface area contributed by atoms with E-state index in [1.165, 1.54) is 0 Å². The number of halogens is 1. The maximum atomic E-state index is 12.0. The van der Waals surface area contributed by atoms with Gasteiger partial charge in [0.2, 0.25) is 5.91 Å². The van der Waals surface area contributed by atoms with Crippen molar-refractivity contribution in [3.8, 4) is 6.07 Å². The van der Waals surface area contributed by atoms with E-state index in [2.05, 4.69) is 16.5 Å². The van der Waals surface area contributed by atoms with Crippen LogP contribution in [0.15, 0.2) is 24.3 Å². The van der Waals surface area contributed by atoms with Gasteiger partial charge in [-0.2, -0.15) is 10.4 Å². The summed E-state index contributed by atoms with van der Waals surface area (Å²) in [6, 6.07) is 9.27. The zero-order valence-electron chi connectivity index (χ0n) is 11.9. The number of carbonyl (C=O) groups is 1. The molecule has 0 saturated carbocycles. The van der Waals surface area contributed by atoms with Crippen molar-refractivity contribution in [2.75, 3.05) is 5.32 Å². The number of anilines is 1. The third-order valence-corrected chi connectivity index (χ3v) is 3.65. The lowest BCUT2D eigenvalue weighted by molar-refractivity contribution is -0.116. The summed E-state index contributed by atoms with van der Waals surface area (Å²) >= 11 is 6.05. The Morgan fingerprint density at radius 2 is 2.05 bits per heavy atom. The number of hydrogen-bond donors (Lipinski definition) is 1. The van der Waals surface area contributed by atoms with E-state index in [4.69, 9.17) is 16.9 Å². The zero-order valence-corrected chi connectivity index (χ0v) is 12.6. The Kier molecular flexibility index (Phi) is 4.61. The van der Waals surface area contributed by atoms with Crippen molar-refractivity contribution >= 4 is 23.2 Å². The lowest BCUT2D eigenvalue weighted by Crippen LogP contribution is -2.20. The molecule has 1 aromatic heterocycles. The minimum Gasteiger partial charge on any atom is -0.324 e. The van der Waals surface area contributed by atoms with E-state index in [1.54, 1.807) is 23.7 Å². The second-order valence-electron chi connectivity index (χ2n) is 4.72. The zero-order chi connectivity index (χ0) is 15.4. The molecule has 2 rings (SSSR count). The van der Waals surface area contributed by atoms with Gasteiger partial charge >= 0.3 is 0 Å². The smallest absolute Gasteiger partial charge is 0.246 e. The number of nitrogens with zero attached hydrogens (tertiary/aromatic N) is 3. The molecule has 0 aliphatic rings. The van der Waals surface area contributed by atoms with Crippen LogP contribution in [-0.2, 0) is 17.8 Å². The molecule has 0 saturated heterocycles. The summed E-state index contributed by atoms with van der Waals surface area (Å²) in [5.41, 5.74) is 3.09. The highest BCUT2D eigenvalue weighted by atomic mass is 35.5. The SMILES string of the molecule is Cc1nn(CC(=O)Nc2ccc(CC#N)cc2)c(C)c1Cl. The molecule has 0 atom stereocenters. The van der Waals surface area contributed by atoms with Gasteiger partial charge < -0.3 is 5.32 Å². The molecule has 1 aromatic carbocycles. The standard InChI is InChI=1S/C15H15ClN4O/c1-10-15(16)11(2)20(19-10)9-14(21)18-13-5-3-12(4-6-13)7-8-17/h3-6H,7,9H2,1-2H3,(H,18,21). The average molecular weight is 303 g/mol. The number of carbonyl (C=O) groups excluding carboxylic acids is 1. The van der Waals surface area contributed by atoms with Gasteiger partial charge in [-0.25, -0.2) is 0 Å². The minimum absolute atomic E-state index is 0.110. The van der Waals surface area contributed by atoms with E-state index in [9.17, 15) is 4.79 Å². The first-order chi connectivity index (χ1) is 10.0. The number of hydrogen-bond acceptors (Lipinski definition) is 3. The van der Waals surface area contributed by atoms with Crippen molar-refractivity contribution in [1.82, 2.24) is 9.78 Å². The Bertz CT molecular complexity index is 698. The molecule has 1 N–H and O–H groups in total. The highest BCUT2D eigenvalue weighted by Gasteiger charge is 2.12. The lowest BCUT2D eigenvalue weighted by atomic mass is 10.1. The van der Waals surface area contributed by atoms with Gasteiger partial charge in [-0.05, 0) is 31.5 Å². The van der Waals surface area contributed by atoms with Crippen molar-refractivity contribution in [1.29, 1.82) is 5.26 Å². The number of aromatic nitrogens is 2. The average Bonchev–Trinajstić information content (AvgIpc) is 2.69. The maximum absolute atomic E-state index is 12.0. The Morgan fingerprint density at radius 1 is 1.38 bits per heavy atom. The number of nitrogens with one attached hydrogen (secondary N) is 1. The van der Waals surface area contributed by atoms with Gasteiger partial charge in [-0.1, -0.05) is 23.7 Å². The Hall–Kier alpha value is -2.32. The van der Waals surface area contributed by atoms with Crippen LogP contribution in [0, 0.1) is 25.2 Å². The van der Waals surface area contributed by atoms with Crippen molar-refractivity contribution < 1.29 is 4.79 Å². The monoisotopic (exact) mass is 302 g/mol. The summed E-state index contributed by atoms with van der Waals surface area (Å²) in [6.45, 7) is 3.74. The van der Waals surface area contributed by atoms with Crippen LogP contribution in [0.25, 0.3) is 0 Å². The van der Waals surface area contributed by atoms with Crippen LogP contribution in [0.4, 0.5) is 5.69 Å². The molecule has 0 aliphatic carbocycles. The molecule has 21 heavy (non-hydrogen) atoms. The van der Waals surface area contributed by atoms with Gasteiger partial charge in [-0.3, -0.25) is 9.48 Å². The fourth-order valence-electron chi connectivity index (χ4n) is 1.96. The molecular weight excluding hydrogens is 288 g/mol. The molecule has 0 fully saturated rings. The first kappa shape index (κ1) is 15.1. The summed E-state index contributed by atoms with van der Waals surface area (Å²) in [4.78, 5) is 12.0. The van der Waals surface area contributed by atoms with Crippen LogP contribution in [0.5, 0.6) is 0 Å². The third kappa shape index (κ3) is 3.61. The first-order valence-corrected chi connectivity index (χ1v) is 6.84. The summed E-state index contributed by atoms with van der Waals surface area (Å²) < 4.78 is 1.58. The molecule has 6 heteroatoms. The van der Waals surface area contributed by atoms with Crippen molar-refractivity contribution in [2.45, 2.75) is 26.8 Å². The van der Waals surface area contributed by atoms with Gasteiger partial charge in [0.15, 0.2) is 0 Å². The number of nitriles is 1. The Labute approximate surface area is 128 Å². The lowest BCUT2D eigenvalue weighted by Gasteiger charge is -2.07. The fraction of sp³-hybridized carbons (Fsp3) is 0.267. The van der Waals surface area contributed by atoms with Gasteiger partial charge in [0.25, 0.3) is 0 Å². The molecule has 0 unspecified atom stereocenters. The van der Waals surface area contributed by atoms with Crippen LogP contribution < -0.4 is 5.32 Å². The molecule has 5 nitrogen and oxygen atoms in total. The van der Waals surface area contributed by atoms with Crippen LogP contribution in [0.3, 0.4) is 0 Å². The van der Waals surface area contributed by atoms with E-state index in [0.29, 0.717) is 22.8 Å². The molecule has 1 amide bonds. The molecule has 108 valence electrons. The summed E-state index contributed by atoms with van der Waals surface area (Å²) in [5.74, 6) is -0.176. The molecule has 0 radical (unpaired) electrons. The molecular formula is C15H15ClN4O. The largest absolute Gasteiger partial charge is 0.324 e. The normalized spacial score (nSPS) is 10.2. The third-order valence-electron chi connectivity index (χ3n) is 3.11. The van der Waals surface area contributed by atoms with E-state index in [-0.39, 0.29) is 12.5 Å². The van der Waals surface area contributed by atoms with Crippen LogP contribution in [0.1, 0.15) is 17.0 Å². The first-order valence-electron chi connectivity index (χ1n) is 6.46. The second-order valence-corrected chi connectivity index (χ2v) is 5.10. The van der Waals surface area contributed by atoms with E-state index in [0.717, 1.165) is 11.3 Å². The molecule has 1 heterocycles. The molecule has 2 aromatic rings. The summed E-state index contributed by atoms with van der Waals surface area (Å²) in [5, 5.41) is 16.2. The Morgan fingerprint density at radius 3 is 2.57 bits per heavy atom. The molecule has 0 aliphatic heterocycles. The van der Waals surface area contributed by atoms with E-state index in [1.807, 2.05) is 19.1 Å². The molecule has 0 bridgehead atoms. The van der Waals surface area contributed by atoms with Gasteiger partial charge in [0, 0.05) is 5.69 Å². The van der Waals surface area contributed by atoms with E-state index < -0.39 is 0 Å². The number of benzene rings is 1. The molecule has 0 spiro atoms. The predicted molar refractivity (Wildman–Crippen MR) is 81.1 cm³/mol. The van der Waals surface area contributed by atoms with Crippen molar-refractivity contribution in [2.24, 2.45) is 0 Å². The van der Waals surface area contributed by atoms with Crippen LogP contribution >= 0.6 is 11.6 Å². The summed E-state index contributed by atoms with van der Waals surface area (Å²) in [7, 11) is 0. The van der Waals surface area contributed by atoms with Gasteiger partial charge in [-0.15, -0.1) is 0 Å². The van der Waals surface area contributed by atoms with E-state index >= 15 is 0 Å². The fourth-order valence-corrected chi connectivity index (χ4v) is 2.10. The number of amides is 1. The highest BCUT2D eigenvalue weighted by Crippen LogP contribution is 2.19. The second kappa shape index (κ2) is 6.42. The Balaban J connectivity index is 2.01. The quantitative estimate of drug-likeness (QED) is 0.944. The summed E-state index contributed by atoms with van der Waals surface area (Å²) in [6.07, 6.45) is 0.360. The van der Waals surface area contributed by atoms with Crippen molar-refractivity contribution in [3.05, 3.63) is 46.2 Å². The predicted octanol–water partition coefficient (Wildman–Crippen LogP) is 2.86. The topological polar surface area (TPSA) is 70.7 Å². The number of rotatable bonds is 4. The van der Waals surface area contributed by atoms with Gasteiger partial charge in [0.05, 0.1) is 28.9 Å². The highest BCUT2D eigenvalue weighted by molar-refractivity contribution is 6.31. The van der Waals surface area contributed by atoms with Crippen LogP contribution in [0.2, 0.25) is 5.02 Å². The minimum atomic E-state index is -0.176. The maximum Gasteiger partial charge on any atom is 0.246 e. The number of aryl methyl sites for hydroxylation is 1. The van der Waals surface area contributed by atoms with Gasteiger partial charge in [0.1, 0.15) is 6.54 Å². The van der Waals surface area contributed by atoms with Crippen LogP contribution in [-0.4, -0.2) is 15.7 Å².